The largest absolute Gasteiger partial charge is 0.465 e. The molecular weight excluding hydrogens is 460 g/mol. The van der Waals surface area contributed by atoms with Crippen molar-refractivity contribution in [1.29, 1.82) is 0 Å². The van der Waals surface area contributed by atoms with E-state index in [1.165, 1.54) is 36.2 Å². The highest BCUT2D eigenvalue weighted by Gasteiger charge is 2.38. The number of thioether (sulfide) groups is 3. The fourth-order valence-corrected chi connectivity index (χ4v) is 7.96. The smallest absolute Gasteiger partial charge is 0.346 e. The number of benzene rings is 2. The number of esters is 1. The van der Waals surface area contributed by atoms with Crippen molar-refractivity contribution < 1.29 is 19.1 Å². The van der Waals surface area contributed by atoms with Crippen molar-refractivity contribution in [3.05, 3.63) is 90.7 Å². The third-order valence-corrected chi connectivity index (χ3v) is 9.28. The molecule has 0 aromatic heterocycles. The Balaban J connectivity index is 1.50. The molecule has 32 heavy (non-hydrogen) atoms. The number of carbonyl (C=O) groups is 3. The quantitative estimate of drug-likeness (QED) is 0.297. The number of ketones is 2. The predicted octanol–water partition coefficient (Wildman–Crippen LogP) is 5.71. The topological polar surface area (TPSA) is 60.4 Å². The van der Waals surface area contributed by atoms with Gasteiger partial charge >= 0.3 is 5.97 Å². The number of methoxy groups -OCH3 is 1. The second-order valence-corrected chi connectivity index (χ2v) is 11.1. The van der Waals surface area contributed by atoms with Crippen molar-refractivity contribution in [2.24, 2.45) is 0 Å². The van der Waals surface area contributed by atoms with Gasteiger partial charge in [-0.05, 0) is 23.5 Å². The Morgan fingerprint density at radius 2 is 1.59 bits per heavy atom. The molecule has 0 atom stereocenters. The minimum Gasteiger partial charge on any atom is -0.465 e. The molecule has 1 fully saturated rings. The highest BCUT2D eigenvalue weighted by molar-refractivity contribution is 8.36. The second-order valence-electron chi connectivity index (χ2n) is 7.42. The highest BCUT2D eigenvalue weighted by atomic mass is 32.2. The van der Waals surface area contributed by atoms with Crippen LogP contribution in [0.1, 0.15) is 29.9 Å². The first-order valence-electron chi connectivity index (χ1n) is 10.3. The average Bonchev–Trinajstić information content (AvgIpc) is 3.23. The molecule has 1 aliphatic heterocycles. The van der Waals surface area contributed by atoms with Crippen LogP contribution in [0.5, 0.6) is 0 Å². The van der Waals surface area contributed by atoms with E-state index >= 15 is 0 Å². The monoisotopic (exact) mass is 482 g/mol. The maximum absolute atomic E-state index is 13.0. The minimum absolute atomic E-state index is 0.0929. The van der Waals surface area contributed by atoms with Gasteiger partial charge in [0.1, 0.15) is 4.91 Å². The summed E-state index contributed by atoms with van der Waals surface area (Å²) in [6.07, 6.45) is 1.47. The lowest BCUT2D eigenvalue weighted by molar-refractivity contribution is -0.135. The zero-order valence-electron chi connectivity index (χ0n) is 17.5. The number of ether oxygens (including phenoxy) is 1. The molecule has 7 heteroatoms. The molecule has 0 amide bonds. The van der Waals surface area contributed by atoms with Gasteiger partial charge in [-0.3, -0.25) is 9.59 Å². The van der Waals surface area contributed by atoms with Gasteiger partial charge < -0.3 is 4.74 Å². The fraction of sp³-hybridized carbons (Fsp3) is 0.240. The maximum atomic E-state index is 13.0. The van der Waals surface area contributed by atoms with Crippen molar-refractivity contribution in [3.63, 3.8) is 0 Å². The highest BCUT2D eigenvalue weighted by Crippen LogP contribution is 2.56. The number of hydrogen-bond donors (Lipinski definition) is 0. The normalized spacial score (nSPS) is 19.0. The van der Waals surface area contributed by atoms with Gasteiger partial charge in [0.2, 0.25) is 0 Å². The van der Waals surface area contributed by atoms with Crippen molar-refractivity contribution in [1.82, 2.24) is 0 Å². The number of allylic oxidation sites excluding steroid dienone is 1. The van der Waals surface area contributed by atoms with Crippen LogP contribution in [0.15, 0.2) is 79.6 Å². The van der Waals surface area contributed by atoms with Crippen molar-refractivity contribution in [3.8, 4) is 0 Å². The summed E-state index contributed by atoms with van der Waals surface area (Å²) in [6, 6.07) is 19.8. The first-order valence-corrected chi connectivity index (χ1v) is 12.9. The Morgan fingerprint density at radius 1 is 0.969 bits per heavy atom. The van der Waals surface area contributed by atoms with Gasteiger partial charge in [-0.1, -0.05) is 84.2 Å². The first kappa shape index (κ1) is 23.0. The van der Waals surface area contributed by atoms with Gasteiger partial charge in [0, 0.05) is 18.6 Å². The Hall–Kier alpha value is -2.22. The molecule has 0 N–H and O–H groups in total. The summed E-state index contributed by atoms with van der Waals surface area (Å²) < 4.78 is 6.36. The van der Waals surface area contributed by atoms with Crippen LogP contribution in [-0.2, 0) is 25.5 Å². The SMILES string of the molecule is COC(=O)C1=C(SCCc2ccccc2)SC(=C2C(=O)CC(c3ccccc3)CC2=O)S1. The molecule has 164 valence electrons. The van der Waals surface area contributed by atoms with Crippen LogP contribution in [0.25, 0.3) is 0 Å². The second kappa shape index (κ2) is 10.6. The zero-order valence-corrected chi connectivity index (χ0v) is 20.0. The lowest BCUT2D eigenvalue weighted by atomic mass is 9.80. The Kier molecular flexibility index (Phi) is 7.60. The van der Waals surface area contributed by atoms with Crippen molar-refractivity contribution >= 4 is 52.8 Å². The minimum atomic E-state index is -0.432. The van der Waals surface area contributed by atoms with Gasteiger partial charge in [0.05, 0.1) is 21.2 Å². The summed E-state index contributed by atoms with van der Waals surface area (Å²) >= 11 is 4.11. The molecule has 1 saturated carbocycles. The summed E-state index contributed by atoms with van der Waals surface area (Å²) in [5.41, 5.74) is 2.47. The Bertz CT molecular complexity index is 1070. The van der Waals surface area contributed by atoms with Crippen LogP contribution < -0.4 is 0 Å². The first-order chi connectivity index (χ1) is 15.6. The van der Waals surface area contributed by atoms with E-state index in [4.69, 9.17) is 4.74 Å². The molecule has 4 rings (SSSR count). The van der Waals surface area contributed by atoms with Gasteiger partial charge in [-0.25, -0.2) is 4.79 Å². The molecule has 0 spiro atoms. The third kappa shape index (κ3) is 5.22. The van der Waals surface area contributed by atoms with Gasteiger partial charge in [-0.15, -0.1) is 11.8 Å². The number of aryl methyl sites for hydroxylation is 1. The molecule has 2 aliphatic rings. The van der Waals surface area contributed by atoms with Crippen LogP contribution >= 0.6 is 35.3 Å². The zero-order chi connectivity index (χ0) is 22.5. The summed E-state index contributed by atoms with van der Waals surface area (Å²) in [5.74, 6) is -0.0360. The van der Waals surface area contributed by atoms with Crippen molar-refractivity contribution in [2.45, 2.75) is 25.2 Å². The molecule has 0 bridgehead atoms. The molecule has 0 saturated heterocycles. The lowest BCUT2D eigenvalue weighted by Crippen LogP contribution is -2.25. The van der Waals surface area contributed by atoms with E-state index in [2.05, 4.69) is 12.1 Å². The third-order valence-electron chi connectivity index (χ3n) is 5.30. The average molecular weight is 483 g/mol. The number of hydrogen-bond acceptors (Lipinski definition) is 7. The van der Waals surface area contributed by atoms with E-state index in [9.17, 15) is 14.4 Å². The molecular formula is C25H22O4S3. The van der Waals surface area contributed by atoms with Gasteiger partial charge in [-0.2, -0.15) is 0 Å². The van der Waals surface area contributed by atoms with Gasteiger partial charge in [0.15, 0.2) is 11.6 Å². The Morgan fingerprint density at radius 3 is 2.22 bits per heavy atom. The fourth-order valence-electron chi connectivity index (χ4n) is 3.67. The number of Topliss-reactive ketones (excluding diaryl/α,β-unsaturated/α-hetero) is 2. The maximum Gasteiger partial charge on any atom is 0.346 e. The van der Waals surface area contributed by atoms with E-state index in [1.54, 1.807) is 11.8 Å². The van der Waals surface area contributed by atoms with Crippen LogP contribution in [0.4, 0.5) is 0 Å². The van der Waals surface area contributed by atoms with Crippen LogP contribution in [0.2, 0.25) is 0 Å². The number of rotatable bonds is 6. The molecule has 2 aromatic rings. The summed E-state index contributed by atoms with van der Waals surface area (Å²) in [6.45, 7) is 0. The molecule has 0 unspecified atom stereocenters. The van der Waals surface area contributed by atoms with E-state index in [0.717, 1.165) is 22.0 Å². The molecule has 2 aromatic carbocycles. The molecule has 1 aliphatic carbocycles. The van der Waals surface area contributed by atoms with E-state index in [1.807, 2.05) is 48.5 Å². The van der Waals surface area contributed by atoms with Crippen molar-refractivity contribution in [2.75, 3.05) is 12.9 Å². The van der Waals surface area contributed by atoms with E-state index in [-0.39, 0.29) is 23.1 Å². The van der Waals surface area contributed by atoms with Gasteiger partial charge in [0.25, 0.3) is 0 Å². The summed E-state index contributed by atoms with van der Waals surface area (Å²) in [5, 5.41) is 0. The molecule has 1 heterocycles. The van der Waals surface area contributed by atoms with Crippen LogP contribution in [-0.4, -0.2) is 30.4 Å². The molecule has 0 radical (unpaired) electrons. The van der Waals surface area contributed by atoms with E-state index < -0.39 is 5.97 Å². The summed E-state index contributed by atoms with van der Waals surface area (Å²) in [4.78, 5) is 38.8. The standard InChI is InChI=1S/C25H22O4S3/c1-29-23(28)22-25(30-13-12-16-8-4-2-5-9-16)32-24(31-22)21-19(26)14-18(15-20(21)27)17-10-6-3-7-11-17/h2-11,18H,12-15H2,1H3. The lowest BCUT2D eigenvalue weighted by Gasteiger charge is -2.23. The predicted molar refractivity (Wildman–Crippen MR) is 132 cm³/mol. The molecule has 4 nitrogen and oxygen atoms in total. The van der Waals surface area contributed by atoms with E-state index in [0.29, 0.717) is 22.0 Å². The van der Waals surface area contributed by atoms with Crippen LogP contribution in [0, 0.1) is 0 Å². The summed E-state index contributed by atoms with van der Waals surface area (Å²) in [7, 11) is 1.35. The Labute approximate surface area is 200 Å². The van der Waals surface area contributed by atoms with Crippen LogP contribution in [0.3, 0.4) is 0 Å². The number of carbonyl (C=O) groups excluding carboxylic acids is 3.